The van der Waals surface area contributed by atoms with Gasteiger partial charge in [-0.25, -0.2) is 0 Å². The highest BCUT2D eigenvalue weighted by atomic mass is 35.5. The van der Waals surface area contributed by atoms with E-state index in [2.05, 4.69) is 26.0 Å². The molecule has 0 saturated heterocycles. The zero-order valence-electron chi connectivity index (χ0n) is 14.6. The molecule has 0 atom stereocenters. The standard InChI is InChI=1S/C22H18Cl2OS/c1-14-11-15(2)21-16(12-14)13-26-22(25-21,17-3-7-19(23)8-4-17)18-5-9-20(24)10-6-18/h3-12H,13H2,1-2H3. The van der Waals surface area contributed by atoms with Crippen molar-refractivity contribution in [2.24, 2.45) is 0 Å². The molecule has 0 unspecified atom stereocenters. The normalized spacial score (nSPS) is 15.2. The lowest BCUT2D eigenvalue weighted by Gasteiger charge is -2.39. The van der Waals surface area contributed by atoms with Gasteiger partial charge in [0.15, 0.2) is 0 Å². The molecular formula is C22H18Cl2OS. The van der Waals surface area contributed by atoms with E-state index in [-0.39, 0.29) is 0 Å². The van der Waals surface area contributed by atoms with Gasteiger partial charge in [0.25, 0.3) is 0 Å². The van der Waals surface area contributed by atoms with Crippen molar-refractivity contribution in [3.8, 4) is 5.75 Å². The van der Waals surface area contributed by atoms with Crippen LogP contribution in [0.2, 0.25) is 10.0 Å². The van der Waals surface area contributed by atoms with E-state index >= 15 is 0 Å². The Bertz CT molecular complexity index is 904. The third-order valence-electron chi connectivity index (χ3n) is 4.62. The second-order valence-electron chi connectivity index (χ2n) is 6.59. The van der Waals surface area contributed by atoms with Crippen LogP contribution in [0.25, 0.3) is 0 Å². The van der Waals surface area contributed by atoms with E-state index in [1.54, 1.807) is 11.8 Å². The van der Waals surface area contributed by atoms with E-state index < -0.39 is 4.93 Å². The van der Waals surface area contributed by atoms with Gasteiger partial charge in [-0.1, -0.05) is 65.2 Å². The number of hydrogen-bond acceptors (Lipinski definition) is 2. The lowest BCUT2D eigenvalue weighted by atomic mass is 9.99. The van der Waals surface area contributed by atoms with Crippen molar-refractivity contribution in [1.29, 1.82) is 0 Å². The summed E-state index contributed by atoms with van der Waals surface area (Å²) in [5, 5.41) is 1.43. The predicted molar refractivity (Wildman–Crippen MR) is 112 cm³/mol. The number of thioether (sulfide) groups is 1. The molecule has 0 N–H and O–H groups in total. The summed E-state index contributed by atoms with van der Waals surface area (Å²) in [6.45, 7) is 4.23. The molecule has 1 aliphatic heterocycles. The van der Waals surface area contributed by atoms with Crippen molar-refractivity contribution in [2.75, 3.05) is 0 Å². The summed E-state index contributed by atoms with van der Waals surface area (Å²) in [6.07, 6.45) is 0. The van der Waals surface area contributed by atoms with Crippen molar-refractivity contribution in [3.63, 3.8) is 0 Å². The number of halogens is 2. The molecule has 0 saturated carbocycles. The van der Waals surface area contributed by atoms with Crippen LogP contribution in [-0.2, 0) is 10.7 Å². The maximum absolute atomic E-state index is 6.73. The van der Waals surface area contributed by atoms with Gasteiger partial charge in [-0.05, 0) is 43.7 Å². The molecule has 0 aliphatic carbocycles. The first-order chi connectivity index (χ1) is 12.5. The number of hydrogen-bond donors (Lipinski definition) is 0. The molecular weight excluding hydrogens is 383 g/mol. The summed E-state index contributed by atoms with van der Waals surface area (Å²) >= 11 is 14.0. The lowest BCUT2D eigenvalue weighted by molar-refractivity contribution is 0.202. The third kappa shape index (κ3) is 3.11. The van der Waals surface area contributed by atoms with Gasteiger partial charge in [-0.3, -0.25) is 0 Å². The first kappa shape index (κ1) is 17.8. The van der Waals surface area contributed by atoms with Crippen molar-refractivity contribution >= 4 is 35.0 Å². The van der Waals surface area contributed by atoms with Gasteiger partial charge in [0.2, 0.25) is 4.93 Å². The minimum atomic E-state index is -0.623. The molecule has 4 rings (SSSR count). The fourth-order valence-electron chi connectivity index (χ4n) is 3.44. The van der Waals surface area contributed by atoms with Crippen molar-refractivity contribution in [1.82, 2.24) is 0 Å². The summed E-state index contributed by atoms with van der Waals surface area (Å²) in [7, 11) is 0. The number of fused-ring (bicyclic) bond motifs is 1. The highest BCUT2D eigenvalue weighted by Crippen LogP contribution is 2.52. The van der Waals surface area contributed by atoms with Crippen molar-refractivity contribution in [3.05, 3.63) is 98.5 Å². The molecule has 1 nitrogen and oxygen atoms in total. The monoisotopic (exact) mass is 400 g/mol. The molecule has 3 aromatic rings. The Morgan fingerprint density at radius 2 is 1.38 bits per heavy atom. The Labute approximate surface area is 168 Å². The molecule has 132 valence electrons. The summed E-state index contributed by atoms with van der Waals surface area (Å²) in [5.74, 6) is 1.85. The zero-order valence-corrected chi connectivity index (χ0v) is 16.9. The first-order valence-corrected chi connectivity index (χ1v) is 10.2. The Hall–Kier alpha value is -1.61. The van der Waals surface area contributed by atoms with Crippen LogP contribution < -0.4 is 4.74 Å². The quantitative estimate of drug-likeness (QED) is 0.451. The van der Waals surface area contributed by atoms with Gasteiger partial charge in [0, 0.05) is 32.5 Å². The maximum atomic E-state index is 6.73. The smallest absolute Gasteiger partial charge is 0.206 e. The van der Waals surface area contributed by atoms with Gasteiger partial charge in [-0.2, -0.15) is 0 Å². The molecule has 1 aliphatic rings. The molecule has 0 bridgehead atoms. The average Bonchev–Trinajstić information content (AvgIpc) is 2.63. The fourth-order valence-corrected chi connectivity index (χ4v) is 5.01. The molecule has 4 heteroatoms. The van der Waals surface area contributed by atoms with Crippen molar-refractivity contribution in [2.45, 2.75) is 24.5 Å². The molecule has 0 radical (unpaired) electrons. The molecule has 26 heavy (non-hydrogen) atoms. The fraction of sp³-hybridized carbons (Fsp3) is 0.182. The van der Waals surface area contributed by atoms with Gasteiger partial charge in [0.1, 0.15) is 5.75 Å². The molecule has 0 amide bonds. The van der Waals surface area contributed by atoms with Crippen LogP contribution in [0.5, 0.6) is 5.75 Å². The van der Waals surface area contributed by atoms with Crippen LogP contribution in [0.15, 0.2) is 60.7 Å². The Balaban J connectivity index is 1.90. The van der Waals surface area contributed by atoms with E-state index in [1.807, 2.05) is 48.5 Å². The number of ether oxygens (including phenoxy) is 1. The largest absolute Gasteiger partial charge is 0.467 e. The number of benzene rings is 3. The Kier molecular flexibility index (Phi) is 4.68. The molecule has 0 spiro atoms. The number of rotatable bonds is 2. The van der Waals surface area contributed by atoms with Crippen molar-refractivity contribution < 1.29 is 4.74 Å². The average molecular weight is 401 g/mol. The highest BCUT2D eigenvalue weighted by molar-refractivity contribution is 7.99. The van der Waals surface area contributed by atoms with Crippen LogP contribution in [0.4, 0.5) is 0 Å². The lowest BCUT2D eigenvalue weighted by Crippen LogP contribution is -2.34. The topological polar surface area (TPSA) is 9.23 Å². The predicted octanol–water partition coefficient (Wildman–Crippen LogP) is 7.14. The Morgan fingerprint density at radius 1 is 0.846 bits per heavy atom. The minimum Gasteiger partial charge on any atom is -0.467 e. The summed E-state index contributed by atoms with van der Waals surface area (Å²) in [6, 6.07) is 20.2. The second kappa shape index (κ2) is 6.84. The van der Waals surface area contributed by atoms with Gasteiger partial charge in [0.05, 0.1) is 0 Å². The van der Waals surface area contributed by atoms with Gasteiger partial charge in [-0.15, -0.1) is 11.8 Å². The number of aryl methyl sites for hydroxylation is 2. The maximum Gasteiger partial charge on any atom is 0.206 e. The molecule has 0 fully saturated rings. The third-order valence-corrected chi connectivity index (χ3v) is 6.54. The van der Waals surface area contributed by atoms with Gasteiger partial charge < -0.3 is 4.74 Å². The SMILES string of the molecule is Cc1cc(C)c2c(c1)CSC(c1ccc(Cl)cc1)(c1ccc(Cl)cc1)O2. The van der Waals surface area contributed by atoms with E-state index in [1.165, 1.54) is 11.1 Å². The molecule has 1 heterocycles. The summed E-state index contributed by atoms with van der Waals surface area (Å²) < 4.78 is 6.73. The van der Waals surface area contributed by atoms with Crippen LogP contribution >= 0.6 is 35.0 Å². The molecule has 3 aromatic carbocycles. The van der Waals surface area contributed by atoms with E-state index in [9.17, 15) is 0 Å². The highest BCUT2D eigenvalue weighted by Gasteiger charge is 2.41. The zero-order chi connectivity index (χ0) is 18.3. The summed E-state index contributed by atoms with van der Waals surface area (Å²) in [4.78, 5) is -0.623. The van der Waals surface area contributed by atoms with Crippen LogP contribution in [-0.4, -0.2) is 0 Å². The van der Waals surface area contributed by atoms with E-state index in [0.29, 0.717) is 10.0 Å². The van der Waals surface area contributed by atoms with Gasteiger partial charge >= 0.3 is 0 Å². The van der Waals surface area contributed by atoms with E-state index in [0.717, 1.165) is 28.2 Å². The van der Waals surface area contributed by atoms with Crippen LogP contribution in [0, 0.1) is 13.8 Å². The second-order valence-corrected chi connectivity index (χ2v) is 8.62. The molecule has 0 aromatic heterocycles. The van der Waals surface area contributed by atoms with Crippen LogP contribution in [0.1, 0.15) is 27.8 Å². The summed E-state index contributed by atoms with van der Waals surface area (Å²) in [5.41, 5.74) is 5.80. The first-order valence-electron chi connectivity index (χ1n) is 8.43. The van der Waals surface area contributed by atoms with E-state index in [4.69, 9.17) is 27.9 Å². The Morgan fingerprint density at radius 3 is 1.92 bits per heavy atom. The minimum absolute atomic E-state index is 0.623. The van der Waals surface area contributed by atoms with Crippen LogP contribution in [0.3, 0.4) is 0 Å².